The van der Waals surface area contributed by atoms with Crippen LogP contribution in [0, 0.1) is 0 Å². The van der Waals surface area contributed by atoms with Gasteiger partial charge in [0.25, 0.3) is 0 Å². The topological polar surface area (TPSA) is 58.9 Å². The zero-order valence-corrected chi connectivity index (χ0v) is 8.72. The first kappa shape index (κ1) is 12.0. The fourth-order valence-corrected chi connectivity index (χ4v) is 1.12. The highest BCUT2D eigenvalue weighted by Crippen LogP contribution is 2.12. The number of ether oxygens (including phenoxy) is 2. The van der Waals surface area contributed by atoms with Gasteiger partial charge in [0.15, 0.2) is 0 Å². The number of benzene rings is 1. The van der Waals surface area contributed by atoms with Gasteiger partial charge < -0.3 is 19.7 Å². The molecule has 0 aliphatic rings. The summed E-state index contributed by atoms with van der Waals surface area (Å²) in [6.07, 6.45) is -0.618. The summed E-state index contributed by atoms with van der Waals surface area (Å²) < 4.78 is 10.1. The SMILES string of the molecule is COCC(O)COc1ccc(CO)cc1. The summed E-state index contributed by atoms with van der Waals surface area (Å²) in [7, 11) is 1.53. The molecule has 0 radical (unpaired) electrons. The van der Waals surface area contributed by atoms with Crippen LogP contribution in [0.25, 0.3) is 0 Å². The van der Waals surface area contributed by atoms with Crippen LogP contribution in [0.2, 0.25) is 0 Å². The molecule has 1 aromatic carbocycles. The quantitative estimate of drug-likeness (QED) is 0.723. The van der Waals surface area contributed by atoms with E-state index in [-0.39, 0.29) is 19.8 Å². The van der Waals surface area contributed by atoms with Gasteiger partial charge in [0.2, 0.25) is 0 Å². The highest BCUT2D eigenvalue weighted by Gasteiger charge is 2.03. The van der Waals surface area contributed by atoms with Gasteiger partial charge in [-0.25, -0.2) is 0 Å². The van der Waals surface area contributed by atoms with Crippen molar-refractivity contribution >= 4 is 0 Å². The Labute approximate surface area is 89.1 Å². The molecule has 0 saturated carbocycles. The second kappa shape index (κ2) is 6.40. The maximum Gasteiger partial charge on any atom is 0.119 e. The molecule has 0 fully saturated rings. The summed E-state index contributed by atoms with van der Waals surface area (Å²) in [5.41, 5.74) is 0.833. The molecule has 0 aromatic heterocycles. The van der Waals surface area contributed by atoms with Crippen molar-refractivity contribution in [1.29, 1.82) is 0 Å². The highest BCUT2D eigenvalue weighted by molar-refractivity contribution is 5.26. The van der Waals surface area contributed by atoms with Crippen LogP contribution in [-0.2, 0) is 11.3 Å². The summed E-state index contributed by atoms with van der Waals surface area (Å²) in [5.74, 6) is 0.669. The maximum absolute atomic E-state index is 9.32. The first-order valence-corrected chi connectivity index (χ1v) is 4.76. The zero-order valence-electron chi connectivity index (χ0n) is 8.72. The van der Waals surface area contributed by atoms with Crippen molar-refractivity contribution in [2.24, 2.45) is 0 Å². The van der Waals surface area contributed by atoms with Crippen molar-refractivity contribution in [1.82, 2.24) is 0 Å². The summed E-state index contributed by atoms with van der Waals surface area (Å²) in [6, 6.07) is 7.06. The molecule has 0 amide bonds. The Kier molecular flexibility index (Phi) is 5.10. The number of methoxy groups -OCH3 is 1. The average molecular weight is 212 g/mol. The normalized spacial score (nSPS) is 12.5. The molecule has 4 nitrogen and oxygen atoms in total. The number of hydrogen-bond acceptors (Lipinski definition) is 4. The lowest BCUT2D eigenvalue weighted by Crippen LogP contribution is -2.22. The predicted molar refractivity (Wildman–Crippen MR) is 55.7 cm³/mol. The Hall–Kier alpha value is -1.10. The maximum atomic E-state index is 9.32. The predicted octanol–water partition coefficient (Wildman–Crippen LogP) is 0.565. The first-order valence-electron chi connectivity index (χ1n) is 4.76. The Morgan fingerprint density at radius 1 is 1.20 bits per heavy atom. The van der Waals surface area contributed by atoms with Gasteiger partial charge in [0, 0.05) is 7.11 Å². The average Bonchev–Trinajstić information content (AvgIpc) is 2.27. The molecule has 0 bridgehead atoms. The van der Waals surface area contributed by atoms with E-state index in [0.717, 1.165) is 5.56 Å². The molecule has 0 aliphatic heterocycles. The van der Waals surface area contributed by atoms with E-state index in [1.165, 1.54) is 7.11 Å². The van der Waals surface area contributed by atoms with E-state index in [2.05, 4.69) is 0 Å². The minimum absolute atomic E-state index is 0.0204. The number of aliphatic hydroxyl groups is 2. The standard InChI is InChI=1S/C11H16O4/c1-14-7-10(13)8-15-11-4-2-9(6-12)3-5-11/h2-5,10,12-13H,6-8H2,1H3. The smallest absolute Gasteiger partial charge is 0.119 e. The third-order valence-electron chi connectivity index (χ3n) is 1.91. The largest absolute Gasteiger partial charge is 0.491 e. The third-order valence-corrected chi connectivity index (χ3v) is 1.91. The van der Waals surface area contributed by atoms with Crippen LogP contribution >= 0.6 is 0 Å². The van der Waals surface area contributed by atoms with Gasteiger partial charge in [-0.2, -0.15) is 0 Å². The molecule has 1 aromatic rings. The molecule has 0 saturated heterocycles. The number of aliphatic hydroxyl groups excluding tert-OH is 2. The van der Waals surface area contributed by atoms with E-state index in [1.807, 2.05) is 0 Å². The van der Waals surface area contributed by atoms with Crippen molar-refractivity contribution in [3.63, 3.8) is 0 Å². The van der Waals surface area contributed by atoms with Crippen LogP contribution < -0.4 is 4.74 Å². The lowest BCUT2D eigenvalue weighted by Gasteiger charge is -2.11. The van der Waals surface area contributed by atoms with Crippen LogP contribution in [0.4, 0.5) is 0 Å². The molecule has 4 heteroatoms. The van der Waals surface area contributed by atoms with E-state index in [1.54, 1.807) is 24.3 Å². The molecule has 1 unspecified atom stereocenters. The third kappa shape index (κ3) is 4.29. The fraction of sp³-hybridized carbons (Fsp3) is 0.455. The Morgan fingerprint density at radius 2 is 1.87 bits per heavy atom. The van der Waals surface area contributed by atoms with Crippen LogP contribution in [-0.4, -0.2) is 36.6 Å². The van der Waals surface area contributed by atoms with Gasteiger partial charge in [-0.1, -0.05) is 12.1 Å². The Morgan fingerprint density at radius 3 is 2.40 bits per heavy atom. The van der Waals surface area contributed by atoms with E-state index in [4.69, 9.17) is 14.6 Å². The second-order valence-electron chi connectivity index (χ2n) is 3.22. The molecular weight excluding hydrogens is 196 g/mol. The van der Waals surface area contributed by atoms with Crippen molar-refractivity contribution < 1.29 is 19.7 Å². The number of hydrogen-bond donors (Lipinski definition) is 2. The molecular formula is C11H16O4. The lowest BCUT2D eigenvalue weighted by atomic mass is 10.2. The summed E-state index contributed by atoms with van der Waals surface area (Å²) in [6.45, 7) is 0.480. The zero-order chi connectivity index (χ0) is 11.1. The van der Waals surface area contributed by atoms with Crippen molar-refractivity contribution in [2.75, 3.05) is 20.3 Å². The van der Waals surface area contributed by atoms with Crippen molar-refractivity contribution in [2.45, 2.75) is 12.7 Å². The van der Waals surface area contributed by atoms with Crippen LogP contribution in [0.1, 0.15) is 5.56 Å². The van der Waals surface area contributed by atoms with E-state index < -0.39 is 6.10 Å². The molecule has 15 heavy (non-hydrogen) atoms. The Bertz CT molecular complexity index is 270. The second-order valence-corrected chi connectivity index (χ2v) is 3.22. The number of rotatable bonds is 6. The summed E-state index contributed by atoms with van der Waals surface area (Å²) in [4.78, 5) is 0. The molecule has 0 spiro atoms. The minimum atomic E-state index is -0.618. The molecule has 0 aliphatic carbocycles. The summed E-state index contributed by atoms with van der Waals surface area (Å²) in [5, 5.41) is 18.1. The van der Waals surface area contributed by atoms with Gasteiger partial charge in [-0.3, -0.25) is 0 Å². The van der Waals surface area contributed by atoms with Crippen LogP contribution in [0.3, 0.4) is 0 Å². The van der Waals surface area contributed by atoms with E-state index >= 15 is 0 Å². The van der Waals surface area contributed by atoms with Gasteiger partial charge in [-0.15, -0.1) is 0 Å². The van der Waals surface area contributed by atoms with Gasteiger partial charge in [-0.05, 0) is 17.7 Å². The molecule has 84 valence electrons. The lowest BCUT2D eigenvalue weighted by molar-refractivity contribution is 0.0325. The Balaban J connectivity index is 2.37. The van der Waals surface area contributed by atoms with Crippen LogP contribution in [0.15, 0.2) is 24.3 Å². The molecule has 2 N–H and O–H groups in total. The van der Waals surface area contributed by atoms with E-state index in [9.17, 15) is 5.11 Å². The van der Waals surface area contributed by atoms with Crippen molar-refractivity contribution in [3.05, 3.63) is 29.8 Å². The van der Waals surface area contributed by atoms with E-state index in [0.29, 0.717) is 5.75 Å². The van der Waals surface area contributed by atoms with Crippen molar-refractivity contribution in [3.8, 4) is 5.75 Å². The molecule has 1 rings (SSSR count). The van der Waals surface area contributed by atoms with Crippen LogP contribution in [0.5, 0.6) is 5.75 Å². The fourth-order valence-electron chi connectivity index (χ4n) is 1.12. The monoisotopic (exact) mass is 212 g/mol. The first-order chi connectivity index (χ1) is 7.26. The minimum Gasteiger partial charge on any atom is -0.491 e. The van der Waals surface area contributed by atoms with Gasteiger partial charge in [0.1, 0.15) is 18.5 Å². The molecule has 1 atom stereocenters. The summed E-state index contributed by atoms with van der Waals surface area (Å²) >= 11 is 0. The van der Waals surface area contributed by atoms with Gasteiger partial charge >= 0.3 is 0 Å². The molecule has 0 heterocycles. The highest BCUT2D eigenvalue weighted by atomic mass is 16.5. The van der Waals surface area contributed by atoms with Gasteiger partial charge in [0.05, 0.1) is 13.2 Å².